The first kappa shape index (κ1) is 13.9. The van der Waals surface area contributed by atoms with Crippen molar-refractivity contribution in [3.05, 3.63) is 36.5 Å². The molecule has 1 aromatic heterocycles. The van der Waals surface area contributed by atoms with E-state index in [0.717, 1.165) is 29.7 Å². The third-order valence-corrected chi connectivity index (χ3v) is 3.36. The predicted molar refractivity (Wildman–Crippen MR) is 80.6 cm³/mol. The number of rotatable bonds is 8. The molecule has 2 aromatic rings. The highest BCUT2D eigenvalue weighted by Gasteiger charge is 2.01. The summed E-state index contributed by atoms with van der Waals surface area (Å²) >= 11 is 0. The normalized spacial score (nSPS) is 10.8. The topological polar surface area (TPSA) is 22.1 Å². The molecule has 2 rings (SSSR count). The molecule has 0 saturated heterocycles. The molecule has 0 fully saturated rings. The third kappa shape index (κ3) is 4.23. The quantitative estimate of drug-likeness (QED) is 0.623. The summed E-state index contributed by atoms with van der Waals surface area (Å²) in [6.45, 7) is 3.05. The van der Waals surface area contributed by atoms with Gasteiger partial charge in [0.25, 0.3) is 0 Å². The zero-order valence-electron chi connectivity index (χ0n) is 11.8. The van der Waals surface area contributed by atoms with E-state index in [1.807, 2.05) is 30.5 Å². The SMILES string of the molecule is CCCCCCCCOc1cccc2ncccc12. The summed E-state index contributed by atoms with van der Waals surface area (Å²) in [4.78, 5) is 4.34. The van der Waals surface area contributed by atoms with Gasteiger partial charge in [-0.1, -0.05) is 45.1 Å². The molecule has 0 aliphatic carbocycles. The van der Waals surface area contributed by atoms with Crippen LogP contribution in [0.1, 0.15) is 45.4 Å². The van der Waals surface area contributed by atoms with Gasteiger partial charge in [-0.25, -0.2) is 0 Å². The number of benzene rings is 1. The van der Waals surface area contributed by atoms with Gasteiger partial charge in [-0.3, -0.25) is 4.98 Å². The first-order valence-electron chi connectivity index (χ1n) is 7.38. The van der Waals surface area contributed by atoms with E-state index in [1.165, 1.54) is 32.1 Å². The number of aromatic nitrogens is 1. The van der Waals surface area contributed by atoms with Gasteiger partial charge in [0.15, 0.2) is 0 Å². The van der Waals surface area contributed by atoms with Gasteiger partial charge in [0.2, 0.25) is 0 Å². The lowest BCUT2D eigenvalue weighted by Gasteiger charge is -2.08. The molecule has 0 atom stereocenters. The largest absolute Gasteiger partial charge is 0.493 e. The number of unbranched alkanes of at least 4 members (excludes halogenated alkanes) is 5. The average Bonchev–Trinajstić information content (AvgIpc) is 2.46. The average molecular weight is 257 g/mol. The van der Waals surface area contributed by atoms with Gasteiger partial charge in [-0.2, -0.15) is 0 Å². The van der Waals surface area contributed by atoms with Crippen molar-refractivity contribution >= 4 is 10.9 Å². The van der Waals surface area contributed by atoms with E-state index in [0.29, 0.717) is 0 Å². The van der Waals surface area contributed by atoms with Crippen LogP contribution in [0.2, 0.25) is 0 Å². The Balaban J connectivity index is 1.78. The summed E-state index contributed by atoms with van der Waals surface area (Å²) in [7, 11) is 0. The Morgan fingerprint density at radius 1 is 0.947 bits per heavy atom. The minimum absolute atomic E-state index is 0.806. The van der Waals surface area contributed by atoms with Crippen molar-refractivity contribution in [3.63, 3.8) is 0 Å². The highest BCUT2D eigenvalue weighted by Crippen LogP contribution is 2.23. The molecule has 19 heavy (non-hydrogen) atoms. The minimum Gasteiger partial charge on any atom is -0.493 e. The van der Waals surface area contributed by atoms with Gasteiger partial charge in [0.1, 0.15) is 5.75 Å². The molecule has 0 bridgehead atoms. The summed E-state index contributed by atoms with van der Waals surface area (Å²) in [6, 6.07) is 10.1. The molecule has 0 saturated carbocycles. The second-order valence-electron chi connectivity index (χ2n) is 4.94. The zero-order valence-corrected chi connectivity index (χ0v) is 11.8. The van der Waals surface area contributed by atoms with Crippen LogP contribution in [0, 0.1) is 0 Å². The molecule has 0 N–H and O–H groups in total. The van der Waals surface area contributed by atoms with Crippen LogP contribution in [0.15, 0.2) is 36.5 Å². The lowest BCUT2D eigenvalue weighted by atomic mass is 10.1. The highest BCUT2D eigenvalue weighted by molar-refractivity contribution is 5.84. The van der Waals surface area contributed by atoms with E-state index in [1.54, 1.807) is 0 Å². The molecule has 1 heterocycles. The molecule has 2 heteroatoms. The second kappa shape index (κ2) is 7.78. The fourth-order valence-electron chi connectivity index (χ4n) is 2.27. The maximum atomic E-state index is 5.89. The molecule has 2 nitrogen and oxygen atoms in total. The first-order chi connectivity index (χ1) is 9.42. The monoisotopic (exact) mass is 257 g/mol. The van der Waals surface area contributed by atoms with Crippen molar-refractivity contribution < 1.29 is 4.74 Å². The Bertz CT molecular complexity index is 490. The van der Waals surface area contributed by atoms with E-state index in [9.17, 15) is 0 Å². The zero-order chi connectivity index (χ0) is 13.3. The molecular formula is C17H23NO. The first-order valence-corrected chi connectivity index (χ1v) is 7.38. The number of hydrogen-bond acceptors (Lipinski definition) is 2. The number of pyridine rings is 1. The molecule has 1 aromatic carbocycles. The number of nitrogens with zero attached hydrogens (tertiary/aromatic N) is 1. The standard InChI is InChI=1S/C17H23NO/c1-2-3-4-5-6-7-14-19-17-12-8-11-16-15(17)10-9-13-18-16/h8-13H,2-7,14H2,1H3. The van der Waals surface area contributed by atoms with E-state index in [4.69, 9.17) is 4.74 Å². The van der Waals surface area contributed by atoms with E-state index >= 15 is 0 Å². The van der Waals surface area contributed by atoms with Crippen molar-refractivity contribution in [2.75, 3.05) is 6.61 Å². The Labute approximate surface area is 115 Å². The summed E-state index contributed by atoms with van der Waals surface area (Å²) in [5.74, 6) is 0.958. The van der Waals surface area contributed by atoms with Gasteiger partial charge in [-0.15, -0.1) is 0 Å². The summed E-state index contributed by atoms with van der Waals surface area (Å²) in [6.07, 6.45) is 9.57. The third-order valence-electron chi connectivity index (χ3n) is 3.36. The Morgan fingerprint density at radius 2 is 1.79 bits per heavy atom. The molecule has 0 aliphatic rings. The Morgan fingerprint density at radius 3 is 2.68 bits per heavy atom. The van der Waals surface area contributed by atoms with Crippen LogP contribution in [0.3, 0.4) is 0 Å². The van der Waals surface area contributed by atoms with Crippen molar-refractivity contribution in [2.24, 2.45) is 0 Å². The van der Waals surface area contributed by atoms with Gasteiger partial charge < -0.3 is 4.74 Å². The highest BCUT2D eigenvalue weighted by atomic mass is 16.5. The Kier molecular flexibility index (Phi) is 5.67. The smallest absolute Gasteiger partial charge is 0.128 e. The fourth-order valence-corrected chi connectivity index (χ4v) is 2.27. The molecule has 0 amide bonds. The molecule has 0 unspecified atom stereocenters. The van der Waals surface area contributed by atoms with Crippen LogP contribution in [0.25, 0.3) is 10.9 Å². The van der Waals surface area contributed by atoms with Crippen LogP contribution in [-0.4, -0.2) is 11.6 Å². The molecule has 0 spiro atoms. The lowest BCUT2D eigenvalue weighted by Crippen LogP contribution is -1.98. The number of ether oxygens (including phenoxy) is 1. The van der Waals surface area contributed by atoms with Crippen LogP contribution >= 0.6 is 0 Å². The molecular weight excluding hydrogens is 234 g/mol. The summed E-state index contributed by atoms with van der Waals surface area (Å²) in [5, 5.41) is 1.11. The molecule has 0 aliphatic heterocycles. The predicted octanol–water partition coefficient (Wildman–Crippen LogP) is 4.97. The minimum atomic E-state index is 0.806. The van der Waals surface area contributed by atoms with Crippen LogP contribution in [0.5, 0.6) is 5.75 Å². The van der Waals surface area contributed by atoms with Crippen molar-refractivity contribution in [3.8, 4) is 5.75 Å². The van der Waals surface area contributed by atoms with Crippen LogP contribution in [-0.2, 0) is 0 Å². The van der Waals surface area contributed by atoms with Crippen LogP contribution in [0.4, 0.5) is 0 Å². The van der Waals surface area contributed by atoms with Gasteiger partial charge in [-0.05, 0) is 30.7 Å². The number of hydrogen-bond donors (Lipinski definition) is 0. The Hall–Kier alpha value is -1.57. The van der Waals surface area contributed by atoms with E-state index in [-0.39, 0.29) is 0 Å². The van der Waals surface area contributed by atoms with Gasteiger partial charge in [0.05, 0.1) is 12.1 Å². The second-order valence-corrected chi connectivity index (χ2v) is 4.94. The van der Waals surface area contributed by atoms with Gasteiger partial charge >= 0.3 is 0 Å². The van der Waals surface area contributed by atoms with E-state index in [2.05, 4.69) is 18.0 Å². The van der Waals surface area contributed by atoms with Gasteiger partial charge in [0, 0.05) is 11.6 Å². The maximum Gasteiger partial charge on any atom is 0.128 e. The fraction of sp³-hybridized carbons (Fsp3) is 0.471. The lowest BCUT2D eigenvalue weighted by molar-refractivity contribution is 0.308. The molecule has 0 radical (unpaired) electrons. The van der Waals surface area contributed by atoms with Crippen LogP contribution < -0.4 is 4.74 Å². The van der Waals surface area contributed by atoms with Crippen molar-refractivity contribution in [1.29, 1.82) is 0 Å². The number of fused-ring (bicyclic) bond motifs is 1. The van der Waals surface area contributed by atoms with E-state index < -0.39 is 0 Å². The summed E-state index contributed by atoms with van der Waals surface area (Å²) < 4.78 is 5.89. The van der Waals surface area contributed by atoms with Crippen molar-refractivity contribution in [1.82, 2.24) is 4.98 Å². The summed E-state index contributed by atoms with van der Waals surface area (Å²) in [5.41, 5.74) is 1.00. The maximum absolute atomic E-state index is 5.89. The molecule has 102 valence electrons. The van der Waals surface area contributed by atoms with Crippen molar-refractivity contribution in [2.45, 2.75) is 45.4 Å².